The fourth-order valence-electron chi connectivity index (χ4n) is 4.66. The number of amides is 2. The Labute approximate surface area is 219 Å². The first-order valence-electron chi connectivity index (χ1n) is 12.1. The molecule has 1 saturated heterocycles. The average molecular weight is 508 g/mol. The molecule has 4 N–H and O–H groups in total. The van der Waals surface area contributed by atoms with Crippen LogP contribution in [-0.2, 0) is 4.79 Å². The van der Waals surface area contributed by atoms with Crippen molar-refractivity contribution < 1.29 is 9.59 Å². The highest BCUT2D eigenvalue weighted by Crippen LogP contribution is 2.36. The SMILES string of the molecule is CC#CC(=O)N1CCC[C@@H](N2NC(c3ccc(C(=O)Nc4cc(C#N)ccn4)cc3)=C3C2=CN=CN3N)C1. The molecule has 1 aromatic carbocycles. The van der Waals surface area contributed by atoms with Gasteiger partial charge in [-0.1, -0.05) is 18.1 Å². The highest BCUT2D eigenvalue weighted by molar-refractivity contribution is 6.04. The van der Waals surface area contributed by atoms with Crippen molar-refractivity contribution in [1.82, 2.24) is 25.3 Å². The number of carbonyl (C=O) groups excluding carboxylic acids is 2. The smallest absolute Gasteiger partial charge is 0.298 e. The predicted octanol–water partition coefficient (Wildman–Crippen LogP) is 1.77. The number of carbonyl (C=O) groups is 2. The zero-order valence-corrected chi connectivity index (χ0v) is 20.7. The zero-order valence-electron chi connectivity index (χ0n) is 20.7. The van der Waals surface area contributed by atoms with Gasteiger partial charge in [-0.05, 0) is 50.0 Å². The van der Waals surface area contributed by atoms with Crippen molar-refractivity contribution in [3.8, 4) is 17.9 Å². The lowest BCUT2D eigenvalue weighted by Crippen LogP contribution is -2.51. The van der Waals surface area contributed by atoms with Gasteiger partial charge in [0.15, 0.2) is 0 Å². The van der Waals surface area contributed by atoms with Crippen molar-refractivity contribution in [1.29, 1.82) is 5.26 Å². The number of pyridine rings is 1. The van der Waals surface area contributed by atoms with Gasteiger partial charge in [-0.2, -0.15) is 5.26 Å². The molecule has 0 spiro atoms. The van der Waals surface area contributed by atoms with E-state index in [0.29, 0.717) is 30.0 Å². The summed E-state index contributed by atoms with van der Waals surface area (Å²) in [5.41, 5.74) is 7.44. The van der Waals surface area contributed by atoms with Gasteiger partial charge in [-0.3, -0.25) is 25.0 Å². The molecule has 0 unspecified atom stereocenters. The number of anilines is 1. The maximum atomic E-state index is 12.8. The monoisotopic (exact) mass is 507 g/mol. The van der Waals surface area contributed by atoms with E-state index in [1.807, 2.05) is 23.2 Å². The van der Waals surface area contributed by atoms with Crippen molar-refractivity contribution in [3.05, 3.63) is 76.9 Å². The summed E-state index contributed by atoms with van der Waals surface area (Å²) in [6.45, 7) is 2.85. The molecule has 1 aromatic heterocycles. The van der Waals surface area contributed by atoms with E-state index in [0.717, 1.165) is 35.5 Å². The molecule has 1 fully saturated rings. The Morgan fingerprint density at radius 3 is 2.82 bits per heavy atom. The number of nitriles is 1. The van der Waals surface area contributed by atoms with Crippen LogP contribution in [0.25, 0.3) is 5.70 Å². The number of aliphatic imine (C=N–C) groups is 1. The second-order valence-electron chi connectivity index (χ2n) is 8.89. The molecule has 3 aliphatic rings. The van der Waals surface area contributed by atoms with Crippen molar-refractivity contribution in [2.75, 3.05) is 18.4 Å². The highest BCUT2D eigenvalue weighted by Gasteiger charge is 2.38. The quantitative estimate of drug-likeness (QED) is 0.420. The van der Waals surface area contributed by atoms with E-state index in [4.69, 9.17) is 11.1 Å². The first kappa shape index (κ1) is 24.6. The number of rotatable bonds is 4. The Morgan fingerprint density at radius 1 is 1.24 bits per heavy atom. The molecule has 3 aliphatic heterocycles. The Hall–Kier alpha value is -5.13. The molecule has 2 amide bonds. The second-order valence-corrected chi connectivity index (χ2v) is 8.89. The molecular weight excluding hydrogens is 482 g/mol. The Bertz CT molecular complexity index is 1470. The third-order valence-corrected chi connectivity index (χ3v) is 6.46. The molecule has 0 saturated carbocycles. The van der Waals surface area contributed by atoms with Gasteiger partial charge in [0.2, 0.25) is 0 Å². The standard InChI is InChI=1S/C27H25N9O2/c1-2-4-24(37)34-12-3-5-21(16-34)36-22-15-30-17-35(29)26(22)25(33-36)19-6-8-20(9-7-19)27(38)32-23-13-18(14-28)10-11-31-23/h6-11,13,15,17,21,33H,3,5,12,16,29H2,1H3,(H,31,32,38)/t21-/m1/s1. The number of nitrogens with two attached hydrogens (primary N) is 1. The number of hydrogen-bond acceptors (Lipinski definition) is 9. The molecule has 190 valence electrons. The van der Waals surface area contributed by atoms with Crippen molar-refractivity contribution in [2.24, 2.45) is 10.8 Å². The first-order valence-corrected chi connectivity index (χ1v) is 12.1. The fraction of sp³-hybridized carbons (Fsp3) is 0.222. The Balaban J connectivity index is 1.36. The molecule has 5 rings (SSSR count). The summed E-state index contributed by atoms with van der Waals surface area (Å²) >= 11 is 0. The van der Waals surface area contributed by atoms with Gasteiger partial charge in [0, 0.05) is 30.4 Å². The molecule has 11 heteroatoms. The Morgan fingerprint density at radius 2 is 2.05 bits per heavy atom. The average Bonchev–Trinajstić information content (AvgIpc) is 3.34. The van der Waals surface area contributed by atoms with Gasteiger partial charge >= 0.3 is 0 Å². The minimum atomic E-state index is -0.342. The van der Waals surface area contributed by atoms with Crippen LogP contribution in [0.3, 0.4) is 0 Å². The van der Waals surface area contributed by atoms with Gasteiger partial charge in [-0.25, -0.2) is 15.8 Å². The molecule has 4 heterocycles. The summed E-state index contributed by atoms with van der Waals surface area (Å²) in [6.07, 6.45) is 6.47. The number of nitrogens with zero attached hydrogens (tertiary/aromatic N) is 6. The summed E-state index contributed by atoms with van der Waals surface area (Å²) < 4.78 is 0. The number of hydrazine groups is 2. The lowest BCUT2D eigenvalue weighted by molar-refractivity contribution is -0.127. The molecule has 0 aliphatic carbocycles. The number of piperidine rings is 1. The van der Waals surface area contributed by atoms with Gasteiger partial charge < -0.3 is 10.2 Å². The second kappa shape index (κ2) is 10.5. The number of likely N-dealkylation sites (tertiary alicyclic amines) is 1. The van der Waals surface area contributed by atoms with Crippen LogP contribution >= 0.6 is 0 Å². The van der Waals surface area contributed by atoms with Crippen LogP contribution in [0.15, 0.2) is 65.2 Å². The summed E-state index contributed by atoms with van der Waals surface area (Å²) in [7, 11) is 0. The van der Waals surface area contributed by atoms with Gasteiger partial charge in [0.05, 0.1) is 29.6 Å². The third kappa shape index (κ3) is 4.78. The van der Waals surface area contributed by atoms with Crippen molar-refractivity contribution in [2.45, 2.75) is 25.8 Å². The maximum absolute atomic E-state index is 12.8. The van der Waals surface area contributed by atoms with Crippen molar-refractivity contribution >= 4 is 29.7 Å². The van der Waals surface area contributed by atoms with Crippen LogP contribution in [0, 0.1) is 23.2 Å². The minimum absolute atomic E-state index is 0.00599. The summed E-state index contributed by atoms with van der Waals surface area (Å²) in [4.78, 5) is 35.3. The van der Waals surface area contributed by atoms with Crippen LogP contribution in [0.4, 0.5) is 5.82 Å². The lowest BCUT2D eigenvalue weighted by atomic mass is 10.0. The van der Waals surface area contributed by atoms with E-state index in [2.05, 4.69) is 32.6 Å². The van der Waals surface area contributed by atoms with E-state index >= 15 is 0 Å². The van der Waals surface area contributed by atoms with Crippen LogP contribution in [0.5, 0.6) is 0 Å². The van der Waals surface area contributed by atoms with Gasteiger partial charge in [0.1, 0.15) is 23.6 Å². The number of hydrogen-bond donors (Lipinski definition) is 3. The zero-order chi connectivity index (χ0) is 26.6. The Kier molecular flexibility index (Phi) is 6.76. The van der Waals surface area contributed by atoms with E-state index < -0.39 is 0 Å². The van der Waals surface area contributed by atoms with E-state index in [9.17, 15) is 9.59 Å². The van der Waals surface area contributed by atoms with Crippen LogP contribution in [0.1, 0.15) is 41.3 Å². The highest BCUT2D eigenvalue weighted by atomic mass is 16.2. The maximum Gasteiger partial charge on any atom is 0.298 e. The normalized spacial score (nSPS) is 18.1. The molecule has 38 heavy (non-hydrogen) atoms. The first-order chi connectivity index (χ1) is 18.5. The molecular formula is C27H25N9O2. The molecule has 1 atom stereocenters. The predicted molar refractivity (Wildman–Crippen MR) is 141 cm³/mol. The largest absolute Gasteiger partial charge is 0.330 e. The van der Waals surface area contributed by atoms with Gasteiger partial charge in [0.25, 0.3) is 11.8 Å². The number of fused-ring (bicyclic) bond motifs is 1. The van der Waals surface area contributed by atoms with Crippen LogP contribution in [-0.4, -0.2) is 57.2 Å². The fourth-order valence-corrected chi connectivity index (χ4v) is 4.66. The van der Waals surface area contributed by atoms with Crippen LogP contribution in [0.2, 0.25) is 0 Å². The number of nitrogens with one attached hydrogen (secondary N) is 2. The summed E-state index contributed by atoms with van der Waals surface area (Å²) in [6, 6.07) is 12.2. The molecule has 2 aromatic rings. The van der Waals surface area contributed by atoms with E-state index in [1.54, 1.807) is 36.2 Å². The minimum Gasteiger partial charge on any atom is -0.330 e. The topological polar surface area (TPSA) is 143 Å². The molecule has 0 radical (unpaired) electrons. The summed E-state index contributed by atoms with van der Waals surface area (Å²) in [5, 5.41) is 15.2. The number of aromatic nitrogens is 1. The van der Waals surface area contributed by atoms with E-state index in [1.165, 1.54) is 23.6 Å². The van der Waals surface area contributed by atoms with Crippen LogP contribution < -0.4 is 16.6 Å². The molecule has 11 nitrogen and oxygen atoms in total. The van der Waals surface area contributed by atoms with E-state index in [-0.39, 0.29) is 17.9 Å². The molecule has 0 bridgehead atoms. The number of benzene rings is 1. The van der Waals surface area contributed by atoms with Gasteiger partial charge in [-0.15, -0.1) is 0 Å². The summed E-state index contributed by atoms with van der Waals surface area (Å²) in [5.74, 6) is 11.4. The van der Waals surface area contributed by atoms with Crippen molar-refractivity contribution in [3.63, 3.8) is 0 Å². The third-order valence-electron chi connectivity index (χ3n) is 6.46. The lowest BCUT2D eigenvalue weighted by Gasteiger charge is -2.39.